The van der Waals surface area contributed by atoms with Crippen molar-refractivity contribution in [2.75, 3.05) is 13.2 Å². The van der Waals surface area contributed by atoms with Gasteiger partial charge in [-0.1, -0.05) is 301 Å². The summed E-state index contributed by atoms with van der Waals surface area (Å²) < 4.78 is 16.9. The molecule has 0 saturated carbocycles. The second kappa shape index (κ2) is 63.2. The van der Waals surface area contributed by atoms with Gasteiger partial charge in [-0.15, -0.1) is 0 Å². The van der Waals surface area contributed by atoms with E-state index in [2.05, 4.69) is 57.2 Å². The first-order chi connectivity index (χ1) is 36.5. The van der Waals surface area contributed by atoms with E-state index in [9.17, 15) is 14.4 Å². The maximum Gasteiger partial charge on any atom is 0.306 e. The number of ether oxygens (including phenoxy) is 3. The lowest BCUT2D eigenvalue weighted by Crippen LogP contribution is -2.30. The number of unbranched alkanes of at least 4 members (excludes halogenated alkanes) is 44. The summed E-state index contributed by atoms with van der Waals surface area (Å²) >= 11 is 0. The third kappa shape index (κ3) is 60.5. The Labute approximate surface area is 461 Å². The molecule has 6 nitrogen and oxygen atoms in total. The second-order valence-electron chi connectivity index (χ2n) is 22.4. The largest absolute Gasteiger partial charge is 0.462 e. The van der Waals surface area contributed by atoms with Gasteiger partial charge >= 0.3 is 17.9 Å². The van der Waals surface area contributed by atoms with Gasteiger partial charge in [0.2, 0.25) is 0 Å². The first-order valence-electron chi connectivity index (χ1n) is 33.0. The molecule has 6 heteroatoms. The van der Waals surface area contributed by atoms with E-state index in [1.54, 1.807) is 0 Å². The van der Waals surface area contributed by atoms with Gasteiger partial charge in [-0.05, 0) is 77.0 Å². The Hall–Kier alpha value is -2.37. The molecular formula is C68H126O6. The SMILES string of the molecule is CCCCC/C=C\C/C=C\CCCCCCCCCC(=O)OC(COC(=O)CCCCCCC/C=C\CCCCCC)COC(=O)CCCCCCCCCCCCCCCCCCCCCCCCCCCC. The number of carbonyl (C=O) groups excluding carboxylic acids is 3. The van der Waals surface area contributed by atoms with Crippen LogP contribution < -0.4 is 0 Å². The van der Waals surface area contributed by atoms with Crippen LogP contribution in [0.2, 0.25) is 0 Å². The first kappa shape index (κ1) is 71.6. The standard InChI is InChI=1S/C68H126O6/c1-4-7-10-13-16-19-22-25-27-29-30-31-32-33-34-35-36-37-39-40-43-46-49-52-55-58-61-67(70)73-64-65(63-72-66(69)60-57-54-51-48-45-42-24-21-18-15-12-9-6-3)74-68(71)62-59-56-53-50-47-44-41-38-28-26-23-20-17-14-11-8-5-2/h17,20-21,24,26,28,65H,4-16,18-19,22-23,25,27,29-64H2,1-3H3/b20-17-,24-21-,28-26-. The molecule has 0 aliphatic heterocycles. The van der Waals surface area contributed by atoms with Crippen molar-refractivity contribution in [3.8, 4) is 0 Å². The van der Waals surface area contributed by atoms with Crippen LogP contribution in [0.3, 0.4) is 0 Å². The molecule has 0 rings (SSSR count). The molecule has 0 amide bonds. The molecule has 74 heavy (non-hydrogen) atoms. The van der Waals surface area contributed by atoms with E-state index in [4.69, 9.17) is 14.2 Å². The molecule has 0 aromatic carbocycles. The number of carbonyl (C=O) groups is 3. The highest BCUT2D eigenvalue weighted by molar-refractivity contribution is 5.71. The predicted octanol–water partition coefficient (Wildman–Crippen LogP) is 22.4. The van der Waals surface area contributed by atoms with Crippen LogP contribution in [0.25, 0.3) is 0 Å². The zero-order valence-corrected chi connectivity index (χ0v) is 49.9. The fourth-order valence-electron chi connectivity index (χ4n) is 9.88. The van der Waals surface area contributed by atoms with Crippen molar-refractivity contribution in [1.82, 2.24) is 0 Å². The van der Waals surface area contributed by atoms with E-state index >= 15 is 0 Å². The van der Waals surface area contributed by atoms with Gasteiger partial charge in [0.15, 0.2) is 6.10 Å². The molecule has 434 valence electrons. The van der Waals surface area contributed by atoms with E-state index in [1.165, 1.54) is 244 Å². The topological polar surface area (TPSA) is 78.9 Å². The van der Waals surface area contributed by atoms with Crippen LogP contribution in [-0.2, 0) is 28.6 Å². The molecule has 0 radical (unpaired) electrons. The number of allylic oxidation sites excluding steroid dienone is 6. The van der Waals surface area contributed by atoms with E-state index < -0.39 is 6.10 Å². The molecule has 0 aliphatic rings. The van der Waals surface area contributed by atoms with Gasteiger partial charge in [0.05, 0.1) is 0 Å². The lowest BCUT2D eigenvalue weighted by Gasteiger charge is -2.18. The molecule has 1 atom stereocenters. The monoisotopic (exact) mass is 1040 g/mol. The van der Waals surface area contributed by atoms with Crippen LogP contribution in [0.4, 0.5) is 0 Å². The van der Waals surface area contributed by atoms with Crippen LogP contribution in [0.1, 0.15) is 361 Å². The second-order valence-corrected chi connectivity index (χ2v) is 22.4. The van der Waals surface area contributed by atoms with Gasteiger partial charge in [0.25, 0.3) is 0 Å². The smallest absolute Gasteiger partial charge is 0.306 e. The third-order valence-corrected chi connectivity index (χ3v) is 14.9. The average molecular weight is 1040 g/mol. The predicted molar refractivity (Wildman–Crippen MR) is 321 cm³/mol. The summed E-state index contributed by atoms with van der Waals surface area (Å²) in [6.45, 7) is 6.65. The van der Waals surface area contributed by atoms with Gasteiger partial charge in [-0.2, -0.15) is 0 Å². The molecule has 0 aliphatic carbocycles. The number of esters is 3. The molecule has 0 heterocycles. The van der Waals surface area contributed by atoms with Gasteiger partial charge in [0.1, 0.15) is 13.2 Å². The Bertz CT molecular complexity index is 1240. The number of hydrogen-bond donors (Lipinski definition) is 0. The molecule has 0 fully saturated rings. The van der Waals surface area contributed by atoms with Crippen molar-refractivity contribution >= 4 is 17.9 Å². The van der Waals surface area contributed by atoms with Crippen LogP contribution in [0, 0.1) is 0 Å². The van der Waals surface area contributed by atoms with Crippen molar-refractivity contribution in [2.24, 2.45) is 0 Å². The zero-order chi connectivity index (χ0) is 53.6. The maximum absolute atomic E-state index is 12.9. The summed E-state index contributed by atoms with van der Waals surface area (Å²) in [6.07, 6.45) is 77.3. The lowest BCUT2D eigenvalue weighted by molar-refractivity contribution is -0.167. The highest BCUT2D eigenvalue weighted by atomic mass is 16.6. The minimum atomic E-state index is -0.778. The summed E-state index contributed by atoms with van der Waals surface area (Å²) in [5.41, 5.74) is 0. The van der Waals surface area contributed by atoms with E-state index in [0.29, 0.717) is 19.3 Å². The van der Waals surface area contributed by atoms with E-state index in [1.807, 2.05) is 0 Å². The van der Waals surface area contributed by atoms with Crippen molar-refractivity contribution in [1.29, 1.82) is 0 Å². The maximum atomic E-state index is 12.9. The Kier molecular flexibility index (Phi) is 61.1. The van der Waals surface area contributed by atoms with E-state index in [0.717, 1.165) is 77.0 Å². The van der Waals surface area contributed by atoms with Gasteiger partial charge < -0.3 is 14.2 Å². The van der Waals surface area contributed by atoms with Crippen molar-refractivity contribution in [2.45, 2.75) is 367 Å². The van der Waals surface area contributed by atoms with Gasteiger partial charge in [-0.3, -0.25) is 14.4 Å². The molecular weight excluding hydrogens is 913 g/mol. The Morgan fingerprint density at radius 3 is 0.797 bits per heavy atom. The molecule has 1 unspecified atom stereocenters. The molecule has 0 spiro atoms. The average Bonchev–Trinajstić information content (AvgIpc) is 3.40. The fraction of sp³-hybridized carbons (Fsp3) is 0.868. The molecule has 0 aromatic heterocycles. The lowest BCUT2D eigenvalue weighted by atomic mass is 10.0. The van der Waals surface area contributed by atoms with Crippen LogP contribution in [-0.4, -0.2) is 37.2 Å². The van der Waals surface area contributed by atoms with Crippen LogP contribution >= 0.6 is 0 Å². The quantitative estimate of drug-likeness (QED) is 0.0261. The van der Waals surface area contributed by atoms with Crippen LogP contribution in [0.15, 0.2) is 36.5 Å². The highest BCUT2D eigenvalue weighted by Crippen LogP contribution is 2.18. The van der Waals surface area contributed by atoms with Crippen LogP contribution in [0.5, 0.6) is 0 Å². The number of rotatable bonds is 61. The minimum absolute atomic E-state index is 0.0740. The minimum Gasteiger partial charge on any atom is -0.462 e. The molecule has 0 bridgehead atoms. The molecule has 0 aromatic rings. The first-order valence-corrected chi connectivity index (χ1v) is 33.0. The summed E-state index contributed by atoms with van der Waals surface area (Å²) in [6, 6.07) is 0. The Balaban J connectivity index is 4.22. The highest BCUT2D eigenvalue weighted by Gasteiger charge is 2.19. The summed E-state index contributed by atoms with van der Waals surface area (Å²) in [4.78, 5) is 38.3. The molecule has 0 saturated heterocycles. The van der Waals surface area contributed by atoms with Gasteiger partial charge in [-0.25, -0.2) is 0 Å². The van der Waals surface area contributed by atoms with E-state index in [-0.39, 0.29) is 31.1 Å². The zero-order valence-electron chi connectivity index (χ0n) is 49.9. The number of hydrogen-bond acceptors (Lipinski definition) is 6. The summed E-state index contributed by atoms with van der Waals surface area (Å²) in [7, 11) is 0. The third-order valence-electron chi connectivity index (χ3n) is 14.9. The Morgan fingerprint density at radius 1 is 0.270 bits per heavy atom. The summed E-state index contributed by atoms with van der Waals surface area (Å²) in [5, 5.41) is 0. The van der Waals surface area contributed by atoms with Crippen molar-refractivity contribution in [3.05, 3.63) is 36.5 Å². The van der Waals surface area contributed by atoms with Crippen molar-refractivity contribution < 1.29 is 28.6 Å². The fourth-order valence-corrected chi connectivity index (χ4v) is 9.88. The Morgan fingerprint density at radius 2 is 0.486 bits per heavy atom. The summed E-state index contributed by atoms with van der Waals surface area (Å²) in [5.74, 6) is -0.868. The molecule has 0 N–H and O–H groups in total. The van der Waals surface area contributed by atoms with Crippen molar-refractivity contribution in [3.63, 3.8) is 0 Å². The normalized spacial score (nSPS) is 12.2. The van der Waals surface area contributed by atoms with Gasteiger partial charge in [0, 0.05) is 19.3 Å².